The number of ether oxygens (including phenoxy) is 2. The number of methoxy groups -OCH3 is 2. The Hall–Kier alpha value is -2.90. The molecule has 6 heteroatoms. The lowest BCUT2D eigenvalue weighted by molar-refractivity contribution is 0.215. The van der Waals surface area contributed by atoms with E-state index in [1.807, 2.05) is 52.0 Å². The second-order valence-electron chi connectivity index (χ2n) is 10.8. The molecule has 0 radical (unpaired) electrons. The van der Waals surface area contributed by atoms with Crippen LogP contribution in [-0.4, -0.2) is 61.1 Å². The molecule has 0 bridgehead atoms. The number of phenols is 2. The summed E-state index contributed by atoms with van der Waals surface area (Å²) in [5, 5.41) is 35.2. The summed E-state index contributed by atoms with van der Waals surface area (Å²) >= 11 is 0. The Morgan fingerprint density at radius 1 is 0.591 bits per heavy atom. The van der Waals surface area contributed by atoms with Crippen LogP contribution in [0.25, 0.3) is 0 Å². The standard InChI is InChI=1S/C26H28O2.4C3H8O/c1-26(22-11-15-24(27)16-12-22,23-13-17-25(28)18-14-23)21-9-7-20(8-10-21)19-5-3-2-4-6-19;2*1-3-4-2;2*1-2-3-4/h7-19,27-28H,2-6H2,1H3;2*3H2,1-2H3;2*4H,2-3H2,1H3. The molecule has 1 saturated carbocycles. The molecular weight excluding hydrogens is 552 g/mol. The first-order chi connectivity index (χ1) is 21.2. The fourth-order valence-corrected chi connectivity index (χ4v) is 4.61. The van der Waals surface area contributed by atoms with E-state index in [2.05, 4.69) is 40.7 Å². The minimum atomic E-state index is -0.369. The molecule has 0 heterocycles. The van der Waals surface area contributed by atoms with Crippen molar-refractivity contribution < 1.29 is 29.9 Å². The van der Waals surface area contributed by atoms with Gasteiger partial charge in [0.2, 0.25) is 0 Å². The van der Waals surface area contributed by atoms with E-state index in [4.69, 9.17) is 10.2 Å². The van der Waals surface area contributed by atoms with E-state index in [-0.39, 0.29) is 16.9 Å². The predicted octanol–water partition coefficient (Wildman–Crippen LogP) is 8.58. The number of rotatable bonds is 8. The fraction of sp³-hybridized carbons (Fsp3) is 0.526. The zero-order valence-corrected chi connectivity index (χ0v) is 28.4. The summed E-state index contributed by atoms with van der Waals surface area (Å²) in [6, 6.07) is 24.0. The van der Waals surface area contributed by atoms with Gasteiger partial charge in [-0.05, 0) is 98.9 Å². The van der Waals surface area contributed by atoms with Crippen molar-refractivity contribution in [2.75, 3.05) is 40.6 Å². The molecule has 0 saturated heterocycles. The molecule has 4 rings (SSSR count). The van der Waals surface area contributed by atoms with Gasteiger partial charge in [0.15, 0.2) is 0 Å². The Labute approximate surface area is 267 Å². The quantitative estimate of drug-likeness (QED) is 0.190. The third-order valence-corrected chi connectivity index (χ3v) is 7.48. The molecule has 4 N–H and O–H groups in total. The van der Waals surface area contributed by atoms with Gasteiger partial charge in [-0.2, -0.15) is 0 Å². The first-order valence-electron chi connectivity index (χ1n) is 16.1. The molecule has 6 nitrogen and oxygen atoms in total. The Morgan fingerprint density at radius 2 is 0.886 bits per heavy atom. The molecule has 0 atom stereocenters. The molecule has 44 heavy (non-hydrogen) atoms. The SMILES string of the molecule is CC(c1ccc(O)cc1)(c1ccc(O)cc1)c1ccc(C2CCCCC2)cc1.CCCO.CCCO.CCOC.CCOC. The lowest BCUT2D eigenvalue weighted by Gasteiger charge is -2.32. The van der Waals surface area contributed by atoms with E-state index in [1.54, 1.807) is 38.5 Å². The van der Waals surface area contributed by atoms with Crippen LogP contribution in [0.2, 0.25) is 0 Å². The van der Waals surface area contributed by atoms with Crippen molar-refractivity contribution in [1.29, 1.82) is 0 Å². The summed E-state index contributed by atoms with van der Waals surface area (Å²) in [6.45, 7) is 12.3. The molecule has 1 aliphatic carbocycles. The van der Waals surface area contributed by atoms with Crippen molar-refractivity contribution in [3.8, 4) is 11.5 Å². The molecule has 0 aromatic heterocycles. The van der Waals surface area contributed by atoms with Crippen LogP contribution >= 0.6 is 0 Å². The number of benzene rings is 3. The van der Waals surface area contributed by atoms with Crippen molar-refractivity contribution in [2.24, 2.45) is 0 Å². The zero-order valence-electron chi connectivity index (χ0n) is 28.4. The van der Waals surface area contributed by atoms with E-state index in [0.29, 0.717) is 19.1 Å². The topological polar surface area (TPSA) is 99.4 Å². The van der Waals surface area contributed by atoms with Crippen LogP contribution in [0.4, 0.5) is 0 Å². The van der Waals surface area contributed by atoms with Crippen molar-refractivity contribution in [3.05, 3.63) is 95.1 Å². The molecule has 0 amide bonds. The normalized spacial score (nSPS) is 12.6. The van der Waals surface area contributed by atoms with Crippen molar-refractivity contribution in [3.63, 3.8) is 0 Å². The molecule has 3 aromatic rings. The minimum absolute atomic E-state index is 0.268. The fourth-order valence-electron chi connectivity index (χ4n) is 4.61. The first kappa shape index (κ1) is 41.1. The maximum Gasteiger partial charge on any atom is 0.115 e. The van der Waals surface area contributed by atoms with Gasteiger partial charge in [-0.1, -0.05) is 81.6 Å². The maximum atomic E-state index is 9.75. The van der Waals surface area contributed by atoms with Crippen LogP contribution < -0.4 is 0 Å². The summed E-state index contributed by atoms with van der Waals surface area (Å²) in [5.74, 6) is 1.23. The number of aliphatic hydroxyl groups is 2. The summed E-state index contributed by atoms with van der Waals surface area (Å²) in [6.07, 6.45) is 8.39. The van der Waals surface area contributed by atoms with Gasteiger partial charge in [0.25, 0.3) is 0 Å². The highest BCUT2D eigenvalue weighted by Gasteiger charge is 2.31. The van der Waals surface area contributed by atoms with Crippen LogP contribution in [0.15, 0.2) is 72.8 Å². The van der Waals surface area contributed by atoms with Crippen molar-refractivity contribution in [1.82, 2.24) is 0 Å². The van der Waals surface area contributed by atoms with Crippen molar-refractivity contribution >= 4 is 0 Å². The number of hydrogen-bond acceptors (Lipinski definition) is 6. The van der Waals surface area contributed by atoms with E-state index in [1.165, 1.54) is 43.2 Å². The third-order valence-electron chi connectivity index (χ3n) is 7.48. The van der Waals surface area contributed by atoms with E-state index in [9.17, 15) is 10.2 Å². The van der Waals surface area contributed by atoms with E-state index in [0.717, 1.165) is 37.2 Å². The number of aliphatic hydroxyl groups excluding tert-OH is 2. The number of phenolic OH excluding ortho intramolecular Hbond substituents is 2. The lowest BCUT2D eigenvalue weighted by atomic mass is 9.70. The first-order valence-corrected chi connectivity index (χ1v) is 16.1. The van der Waals surface area contributed by atoms with Crippen molar-refractivity contribution in [2.45, 2.75) is 90.9 Å². The van der Waals surface area contributed by atoms with Crippen LogP contribution in [0.1, 0.15) is 108 Å². The summed E-state index contributed by atoms with van der Waals surface area (Å²) in [7, 11) is 3.36. The van der Waals surface area contributed by atoms with Gasteiger partial charge < -0.3 is 29.9 Å². The highest BCUT2D eigenvalue weighted by atomic mass is 16.5. The van der Waals surface area contributed by atoms with Gasteiger partial charge in [-0.15, -0.1) is 0 Å². The molecule has 248 valence electrons. The van der Waals surface area contributed by atoms with Crippen LogP contribution in [0.5, 0.6) is 11.5 Å². The second-order valence-corrected chi connectivity index (χ2v) is 10.8. The molecular formula is C38H60O6. The average molecular weight is 613 g/mol. The molecule has 1 aliphatic rings. The second kappa shape index (κ2) is 25.4. The monoisotopic (exact) mass is 612 g/mol. The molecule has 0 aliphatic heterocycles. The van der Waals surface area contributed by atoms with Crippen LogP contribution in [-0.2, 0) is 14.9 Å². The Kier molecular flexibility index (Phi) is 23.8. The van der Waals surface area contributed by atoms with E-state index < -0.39 is 0 Å². The number of hydrogen-bond donors (Lipinski definition) is 4. The third kappa shape index (κ3) is 15.2. The number of aromatic hydroxyl groups is 2. The van der Waals surface area contributed by atoms with Crippen LogP contribution in [0, 0.1) is 0 Å². The highest BCUT2D eigenvalue weighted by Crippen LogP contribution is 2.41. The lowest BCUT2D eigenvalue weighted by Crippen LogP contribution is -2.25. The Morgan fingerprint density at radius 3 is 1.16 bits per heavy atom. The Balaban J connectivity index is 0.000000962. The van der Waals surface area contributed by atoms with Gasteiger partial charge >= 0.3 is 0 Å². The van der Waals surface area contributed by atoms with E-state index >= 15 is 0 Å². The van der Waals surface area contributed by atoms with Gasteiger partial charge in [-0.25, -0.2) is 0 Å². The zero-order chi connectivity index (χ0) is 33.2. The summed E-state index contributed by atoms with van der Waals surface area (Å²) < 4.78 is 9.08. The highest BCUT2D eigenvalue weighted by molar-refractivity contribution is 5.51. The van der Waals surface area contributed by atoms with Gasteiger partial charge in [-0.3, -0.25) is 0 Å². The van der Waals surface area contributed by atoms with Gasteiger partial charge in [0.1, 0.15) is 11.5 Å². The Bertz CT molecular complexity index is 973. The summed E-state index contributed by atoms with van der Waals surface area (Å²) in [5.41, 5.74) is 4.51. The minimum Gasteiger partial charge on any atom is -0.508 e. The largest absolute Gasteiger partial charge is 0.508 e. The molecule has 3 aromatic carbocycles. The molecule has 1 fully saturated rings. The molecule has 0 spiro atoms. The summed E-state index contributed by atoms with van der Waals surface area (Å²) in [4.78, 5) is 0. The van der Waals surface area contributed by atoms with Crippen LogP contribution in [0.3, 0.4) is 0 Å². The molecule has 0 unspecified atom stereocenters. The maximum absolute atomic E-state index is 9.75. The average Bonchev–Trinajstić information content (AvgIpc) is 3.09. The van der Waals surface area contributed by atoms with Gasteiger partial charge in [0, 0.05) is 46.1 Å². The van der Waals surface area contributed by atoms with Gasteiger partial charge in [0.05, 0.1) is 0 Å². The smallest absolute Gasteiger partial charge is 0.115 e. The predicted molar refractivity (Wildman–Crippen MR) is 184 cm³/mol.